The molecule has 0 radical (unpaired) electrons. The molecule has 1 nitrogen and oxygen atoms in total. The lowest BCUT2D eigenvalue weighted by atomic mass is 9.89. The van der Waals surface area contributed by atoms with E-state index in [0.29, 0.717) is 12.2 Å². The first-order valence-electron chi connectivity index (χ1n) is 5.22. The maximum atomic E-state index is 12.5. The summed E-state index contributed by atoms with van der Waals surface area (Å²) >= 11 is 0. The lowest BCUT2D eigenvalue weighted by Gasteiger charge is -2.28. The van der Waals surface area contributed by atoms with Gasteiger partial charge in [0, 0.05) is 5.92 Å². The van der Waals surface area contributed by atoms with Gasteiger partial charge in [0.05, 0.1) is 18.3 Å². The van der Waals surface area contributed by atoms with E-state index in [1.54, 1.807) is 13.0 Å². The predicted molar refractivity (Wildman–Crippen MR) is 54.2 cm³/mol. The summed E-state index contributed by atoms with van der Waals surface area (Å²) in [6.45, 7) is 4.31. The molecular weight excluding hydrogens is 217 g/mol. The maximum absolute atomic E-state index is 12.5. The van der Waals surface area contributed by atoms with Crippen LogP contribution < -0.4 is 0 Å². The van der Waals surface area contributed by atoms with E-state index >= 15 is 0 Å². The van der Waals surface area contributed by atoms with Crippen LogP contribution in [0.4, 0.5) is 13.2 Å². The van der Waals surface area contributed by atoms with Crippen LogP contribution in [0, 0.1) is 0 Å². The molecule has 16 heavy (non-hydrogen) atoms. The molecule has 0 amide bonds. The van der Waals surface area contributed by atoms with E-state index in [9.17, 15) is 13.2 Å². The van der Waals surface area contributed by atoms with Gasteiger partial charge in [-0.1, -0.05) is 13.0 Å². The molecule has 4 heteroatoms. The van der Waals surface area contributed by atoms with Crippen molar-refractivity contribution in [3.05, 3.63) is 34.9 Å². The van der Waals surface area contributed by atoms with Crippen LogP contribution in [0.3, 0.4) is 0 Å². The Morgan fingerprint density at radius 1 is 1.19 bits per heavy atom. The summed E-state index contributed by atoms with van der Waals surface area (Å²) in [6, 6.07) is 3.92. The Hall–Kier alpha value is -1.03. The van der Waals surface area contributed by atoms with Gasteiger partial charge in [-0.05, 0) is 30.2 Å². The third-order valence-corrected chi connectivity index (χ3v) is 2.98. The van der Waals surface area contributed by atoms with Gasteiger partial charge in [0.15, 0.2) is 0 Å². The third kappa shape index (κ3) is 1.94. The van der Waals surface area contributed by atoms with Crippen molar-refractivity contribution >= 4 is 0 Å². The molecule has 0 spiro atoms. The van der Waals surface area contributed by atoms with Crippen molar-refractivity contribution in [2.45, 2.75) is 32.0 Å². The number of benzene rings is 1. The molecule has 0 saturated heterocycles. The maximum Gasteiger partial charge on any atom is 0.416 e. The van der Waals surface area contributed by atoms with Gasteiger partial charge in [-0.3, -0.25) is 0 Å². The van der Waals surface area contributed by atoms with E-state index in [1.807, 2.05) is 6.92 Å². The first-order chi connectivity index (χ1) is 7.39. The number of halogens is 3. The van der Waals surface area contributed by atoms with Crippen LogP contribution >= 0.6 is 0 Å². The zero-order chi connectivity index (χ0) is 11.9. The van der Waals surface area contributed by atoms with Crippen molar-refractivity contribution in [2.75, 3.05) is 6.61 Å². The van der Waals surface area contributed by atoms with Crippen LogP contribution in [0.25, 0.3) is 0 Å². The summed E-state index contributed by atoms with van der Waals surface area (Å²) in [7, 11) is 0. The monoisotopic (exact) mass is 230 g/mol. The van der Waals surface area contributed by atoms with E-state index in [1.165, 1.54) is 6.07 Å². The standard InChI is InChI=1S/C12H13F3O/c1-7-6-16-8(2)11-5-9(12(13,14)15)3-4-10(7)11/h3-5,7-8H,6H2,1-2H3. The number of rotatable bonds is 0. The Balaban J connectivity index is 2.48. The summed E-state index contributed by atoms with van der Waals surface area (Å²) < 4.78 is 43.0. The molecule has 0 fully saturated rings. The van der Waals surface area contributed by atoms with Crippen LogP contribution in [0.1, 0.15) is 42.6 Å². The Morgan fingerprint density at radius 2 is 1.88 bits per heavy atom. The Labute approximate surface area is 92.2 Å². The highest BCUT2D eigenvalue weighted by Gasteiger charge is 2.33. The molecule has 0 aliphatic carbocycles. The number of hydrogen-bond donors (Lipinski definition) is 0. The van der Waals surface area contributed by atoms with Crippen LogP contribution in [0.5, 0.6) is 0 Å². The summed E-state index contributed by atoms with van der Waals surface area (Å²) in [6.07, 6.45) is -4.54. The molecular formula is C12H13F3O. The Morgan fingerprint density at radius 3 is 2.50 bits per heavy atom. The van der Waals surface area contributed by atoms with Gasteiger partial charge >= 0.3 is 6.18 Å². The second-order valence-electron chi connectivity index (χ2n) is 4.22. The van der Waals surface area contributed by atoms with Gasteiger partial charge in [0.25, 0.3) is 0 Å². The van der Waals surface area contributed by atoms with Gasteiger partial charge in [0.2, 0.25) is 0 Å². The second kappa shape index (κ2) is 3.77. The van der Waals surface area contributed by atoms with Crippen molar-refractivity contribution in [2.24, 2.45) is 0 Å². The Bertz CT molecular complexity index is 398. The molecule has 0 saturated carbocycles. The minimum Gasteiger partial charge on any atom is -0.373 e. The van der Waals surface area contributed by atoms with Crippen LogP contribution in [0.15, 0.2) is 18.2 Å². The number of fused-ring (bicyclic) bond motifs is 1. The van der Waals surface area contributed by atoms with E-state index in [2.05, 4.69) is 0 Å². The normalized spacial score (nSPS) is 25.3. The van der Waals surface area contributed by atoms with Gasteiger partial charge in [-0.2, -0.15) is 13.2 Å². The van der Waals surface area contributed by atoms with Crippen molar-refractivity contribution in [1.82, 2.24) is 0 Å². The zero-order valence-electron chi connectivity index (χ0n) is 9.14. The van der Waals surface area contributed by atoms with E-state index in [0.717, 1.165) is 11.6 Å². The molecule has 1 heterocycles. The van der Waals surface area contributed by atoms with Crippen molar-refractivity contribution in [3.8, 4) is 0 Å². The highest BCUT2D eigenvalue weighted by atomic mass is 19.4. The topological polar surface area (TPSA) is 9.23 Å². The van der Waals surface area contributed by atoms with Crippen molar-refractivity contribution in [3.63, 3.8) is 0 Å². The molecule has 0 aromatic heterocycles. The van der Waals surface area contributed by atoms with Crippen LogP contribution in [-0.2, 0) is 10.9 Å². The Kier molecular flexibility index (Phi) is 2.70. The van der Waals surface area contributed by atoms with Gasteiger partial charge < -0.3 is 4.74 Å². The van der Waals surface area contributed by atoms with E-state index in [-0.39, 0.29) is 12.0 Å². The first kappa shape index (κ1) is 11.5. The van der Waals surface area contributed by atoms with Crippen molar-refractivity contribution < 1.29 is 17.9 Å². The fourth-order valence-corrected chi connectivity index (χ4v) is 2.02. The molecule has 88 valence electrons. The molecule has 2 unspecified atom stereocenters. The molecule has 1 aromatic carbocycles. The smallest absolute Gasteiger partial charge is 0.373 e. The van der Waals surface area contributed by atoms with Crippen LogP contribution in [-0.4, -0.2) is 6.61 Å². The number of ether oxygens (including phenoxy) is 1. The number of hydrogen-bond acceptors (Lipinski definition) is 1. The second-order valence-corrected chi connectivity index (χ2v) is 4.22. The highest BCUT2D eigenvalue weighted by Crippen LogP contribution is 2.37. The number of alkyl halides is 3. The minimum atomic E-state index is -4.28. The summed E-state index contributed by atoms with van der Waals surface area (Å²) in [5.74, 6) is 0.161. The first-order valence-corrected chi connectivity index (χ1v) is 5.22. The average molecular weight is 230 g/mol. The fourth-order valence-electron chi connectivity index (χ4n) is 2.02. The zero-order valence-corrected chi connectivity index (χ0v) is 9.14. The SMILES string of the molecule is CC1COC(C)c2cc(C(F)(F)F)ccc21. The average Bonchev–Trinajstić information content (AvgIpc) is 2.22. The van der Waals surface area contributed by atoms with Gasteiger partial charge in [0.1, 0.15) is 0 Å². The predicted octanol–water partition coefficient (Wildman–Crippen LogP) is 3.90. The lowest BCUT2D eigenvalue weighted by Crippen LogP contribution is -2.19. The fraction of sp³-hybridized carbons (Fsp3) is 0.500. The van der Waals surface area contributed by atoms with Gasteiger partial charge in [-0.15, -0.1) is 0 Å². The quantitative estimate of drug-likeness (QED) is 0.656. The summed E-state index contributed by atoms with van der Waals surface area (Å²) in [5.41, 5.74) is 1.02. The largest absolute Gasteiger partial charge is 0.416 e. The molecule has 2 rings (SSSR count). The lowest BCUT2D eigenvalue weighted by molar-refractivity contribution is -0.137. The van der Waals surface area contributed by atoms with Crippen LogP contribution in [0.2, 0.25) is 0 Å². The molecule has 0 N–H and O–H groups in total. The molecule has 0 bridgehead atoms. The highest BCUT2D eigenvalue weighted by molar-refractivity contribution is 5.38. The van der Waals surface area contributed by atoms with E-state index < -0.39 is 11.7 Å². The third-order valence-electron chi connectivity index (χ3n) is 2.98. The molecule has 2 atom stereocenters. The minimum absolute atomic E-state index is 0.161. The summed E-state index contributed by atoms with van der Waals surface area (Å²) in [5, 5.41) is 0. The molecule has 1 aromatic rings. The summed E-state index contributed by atoms with van der Waals surface area (Å²) in [4.78, 5) is 0. The molecule has 1 aliphatic rings. The van der Waals surface area contributed by atoms with Crippen molar-refractivity contribution in [1.29, 1.82) is 0 Å². The van der Waals surface area contributed by atoms with Gasteiger partial charge in [-0.25, -0.2) is 0 Å². The van der Waals surface area contributed by atoms with E-state index in [4.69, 9.17) is 4.74 Å². The molecule has 1 aliphatic heterocycles.